The Balaban J connectivity index is 0.896. The van der Waals surface area contributed by atoms with E-state index in [0.29, 0.717) is 23.8 Å². The lowest BCUT2D eigenvalue weighted by Crippen LogP contribution is -2.33. The third-order valence-electron chi connectivity index (χ3n) is 16.9. The van der Waals surface area contributed by atoms with E-state index in [9.17, 15) is 0 Å². The Morgan fingerprint density at radius 2 is 1.07 bits per heavy atom. The molecule has 1 aliphatic carbocycles. The van der Waals surface area contributed by atoms with Gasteiger partial charge in [-0.3, -0.25) is 0 Å². The number of nitrogens with zero attached hydrogens (tertiary/aromatic N) is 3. The fourth-order valence-corrected chi connectivity index (χ4v) is 11.8. The molecule has 2 heterocycles. The highest BCUT2D eigenvalue weighted by molar-refractivity contribution is 5.99. The molecule has 0 fully saturated rings. The van der Waals surface area contributed by atoms with Gasteiger partial charge in [-0.15, -0.1) is 0 Å². The molecule has 0 radical (unpaired) electrons. The molecule has 0 spiro atoms. The standard InChI is InChI=1S/C75H80N4O/c1-49-40-69(76-47-63(49)52-32-37-64-65(43-52)75(13,14)39-38-74(64,11)12)77-66-45-54(71(2,3)4)33-36-60(66)51-30-34-58(35-31-51)80-59-25-20-24-57(46-59)78-48-79(68-29-19-18-28-67(68)78)70-61(50-22-16-15-17-23-50)26-21-27-62(70)53-41-55(72(5,6)7)44-56(42-53)73(8,9)10/h15-37,40-47H,38-39,48H2,1-14H3,(H,76,77)/i1D3. The summed E-state index contributed by atoms with van der Waals surface area (Å²) in [5, 5.41) is 3.59. The zero-order chi connectivity index (χ0) is 59.0. The highest BCUT2D eigenvalue weighted by Crippen LogP contribution is 2.52. The average Bonchev–Trinajstić information content (AvgIpc) is 2.24. The topological polar surface area (TPSA) is 40.6 Å². The van der Waals surface area contributed by atoms with Gasteiger partial charge in [0, 0.05) is 50.0 Å². The van der Waals surface area contributed by atoms with E-state index in [2.05, 4.69) is 263 Å². The number of anilines is 6. The number of pyridine rings is 1. The highest BCUT2D eigenvalue weighted by atomic mass is 16.5. The monoisotopic (exact) mass is 1060 g/mol. The predicted octanol–water partition coefficient (Wildman–Crippen LogP) is 21.1. The number of aryl methyl sites for hydroxylation is 1. The Kier molecular flexibility index (Phi) is 12.8. The lowest BCUT2D eigenvalue weighted by atomic mass is 9.63. The van der Waals surface area contributed by atoms with Crippen LogP contribution in [-0.4, -0.2) is 11.7 Å². The maximum atomic E-state index is 8.76. The lowest BCUT2D eigenvalue weighted by molar-refractivity contribution is 0.332. The molecule has 1 N–H and O–H groups in total. The van der Waals surface area contributed by atoms with Crippen molar-refractivity contribution < 1.29 is 8.85 Å². The third kappa shape index (κ3) is 10.7. The lowest BCUT2D eigenvalue weighted by Gasteiger charge is -2.42. The van der Waals surface area contributed by atoms with Crippen molar-refractivity contribution in [3.05, 3.63) is 222 Å². The quantitative estimate of drug-likeness (QED) is 0.148. The van der Waals surface area contributed by atoms with Gasteiger partial charge in [-0.1, -0.05) is 217 Å². The zero-order valence-electron chi connectivity index (χ0n) is 52.3. The maximum Gasteiger partial charge on any atom is 0.130 e. The SMILES string of the molecule is [2H]C([2H])([2H])c1cc(Nc2cc(C(C)(C)C)ccc2-c2ccc(Oc3cccc(N4CN(c5c(-c6ccccc6)cccc5-c5cc(C(C)(C)C)cc(C(C)(C)C)c5)c5ccccc54)c3)cc2)ncc1-c1ccc2c(c1)C(C)(C)CCC2(C)C. The summed E-state index contributed by atoms with van der Waals surface area (Å²) >= 11 is 0. The molecule has 0 amide bonds. The van der Waals surface area contributed by atoms with Gasteiger partial charge >= 0.3 is 0 Å². The molecule has 9 aromatic rings. The minimum atomic E-state index is -2.38. The molecule has 406 valence electrons. The van der Waals surface area contributed by atoms with E-state index in [4.69, 9.17) is 13.8 Å². The molecule has 2 aliphatic rings. The van der Waals surface area contributed by atoms with Crippen molar-refractivity contribution in [2.75, 3.05) is 21.8 Å². The minimum absolute atomic E-state index is 0.0223. The van der Waals surface area contributed by atoms with Crippen LogP contribution in [0.25, 0.3) is 44.5 Å². The number of fused-ring (bicyclic) bond motifs is 2. The van der Waals surface area contributed by atoms with Crippen LogP contribution in [-0.2, 0) is 27.1 Å². The van der Waals surface area contributed by atoms with Gasteiger partial charge in [-0.2, -0.15) is 0 Å². The first-order valence-corrected chi connectivity index (χ1v) is 28.6. The molecule has 0 bridgehead atoms. The third-order valence-corrected chi connectivity index (χ3v) is 16.9. The number of nitrogens with one attached hydrogen (secondary N) is 1. The van der Waals surface area contributed by atoms with Gasteiger partial charge in [0.05, 0.1) is 17.1 Å². The van der Waals surface area contributed by atoms with Crippen molar-refractivity contribution in [3.63, 3.8) is 0 Å². The van der Waals surface area contributed by atoms with Crippen LogP contribution >= 0.6 is 0 Å². The number of aromatic nitrogens is 1. The smallest absolute Gasteiger partial charge is 0.130 e. The van der Waals surface area contributed by atoms with Crippen LogP contribution < -0.4 is 19.9 Å². The van der Waals surface area contributed by atoms with E-state index in [1.807, 2.05) is 18.2 Å². The first kappa shape index (κ1) is 50.3. The van der Waals surface area contributed by atoms with E-state index in [0.717, 1.165) is 63.6 Å². The Bertz CT molecular complexity index is 3860. The van der Waals surface area contributed by atoms with Crippen molar-refractivity contribution in [1.29, 1.82) is 0 Å². The second-order valence-electron chi connectivity index (χ2n) is 26.8. The minimum Gasteiger partial charge on any atom is -0.457 e. The highest BCUT2D eigenvalue weighted by Gasteiger charge is 2.37. The van der Waals surface area contributed by atoms with E-state index in [-0.39, 0.29) is 32.6 Å². The first-order chi connectivity index (χ1) is 39.1. The molecule has 11 rings (SSSR count). The summed E-state index contributed by atoms with van der Waals surface area (Å²) in [7, 11) is 0. The summed E-state index contributed by atoms with van der Waals surface area (Å²) in [5.41, 5.74) is 19.9. The molecule has 0 atom stereocenters. The second kappa shape index (κ2) is 20.3. The molecule has 0 unspecified atom stereocenters. The second-order valence-corrected chi connectivity index (χ2v) is 26.8. The van der Waals surface area contributed by atoms with E-state index in [1.165, 1.54) is 50.2 Å². The van der Waals surface area contributed by atoms with Crippen LogP contribution in [0.2, 0.25) is 0 Å². The summed E-state index contributed by atoms with van der Waals surface area (Å²) in [4.78, 5) is 9.80. The summed E-state index contributed by atoms with van der Waals surface area (Å²) in [6.07, 6.45) is 3.91. The molecule has 8 aromatic carbocycles. The van der Waals surface area contributed by atoms with Gasteiger partial charge in [0.2, 0.25) is 0 Å². The number of para-hydroxylation sites is 3. The Morgan fingerprint density at radius 3 is 1.74 bits per heavy atom. The molecule has 5 nitrogen and oxygen atoms in total. The normalized spacial score (nSPS) is 15.6. The van der Waals surface area contributed by atoms with Crippen LogP contribution in [0, 0.1) is 6.85 Å². The van der Waals surface area contributed by atoms with Crippen LogP contribution in [0.1, 0.15) is 140 Å². The molecule has 0 saturated carbocycles. The molecular weight excluding hydrogens is 973 g/mol. The van der Waals surface area contributed by atoms with Gasteiger partial charge in [-0.25, -0.2) is 4.98 Å². The molecular formula is C75H80N4O. The predicted molar refractivity (Wildman–Crippen MR) is 340 cm³/mol. The summed E-state index contributed by atoms with van der Waals surface area (Å²) in [6.45, 7) is 27.8. The van der Waals surface area contributed by atoms with Gasteiger partial charge in [0.1, 0.15) is 24.0 Å². The largest absolute Gasteiger partial charge is 0.457 e. The van der Waals surface area contributed by atoms with Crippen LogP contribution in [0.5, 0.6) is 11.5 Å². The van der Waals surface area contributed by atoms with Crippen LogP contribution in [0.4, 0.5) is 34.3 Å². The maximum absolute atomic E-state index is 8.76. The van der Waals surface area contributed by atoms with E-state index >= 15 is 0 Å². The van der Waals surface area contributed by atoms with Crippen molar-refractivity contribution in [3.8, 4) is 56.0 Å². The van der Waals surface area contributed by atoms with Crippen molar-refractivity contribution >= 4 is 34.3 Å². The Hall–Kier alpha value is -7.89. The van der Waals surface area contributed by atoms with Crippen molar-refractivity contribution in [2.45, 2.75) is 137 Å². The van der Waals surface area contributed by atoms with Crippen LogP contribution in [0.15, 0.2) is 188 Å². The van der Waals surface area contributed by atoms with Crippen LogP contribution in [0.3, 0.4) is 0 Å². The summed E-state index contributed by atoms with van der Waals surface area (Å²) < 4.78 is 33.0. The average molecular weight is 1060 g/mol. The summed E-state index contributed by atoms with van der Waals surface area (Å²) in [5.74, 6) is 1.90. The fourth-order valence-electron chi connectivity index (χ4n) is 11.8. The first-order valence-electron chi connectivity index (χ1n) is 30.1. The Morgan fingerprint density at radius 1 is 0.475 bits per heavy atom. The number of ether oxygens (including phenoxy) is 1. The summed E-state index contributed by atoms with van der Waals surface area (Å²) in [6, 6.07) is 64.7. The molecule has 1 aliphatic heterocycles. The van der Waals surface area contributed by atoms with Gasteiger partial charge in [-0.05, 0) is 151 Å². The van der Waals surface area contributed by atoms with Gasteiger partial charge in [0.15, 0.2) is 0 Å². The van der Waals surface area contributed by atoms with Crippen molar-refractivity contribution in [2.24, 2.45) is 0 Å². The van der Waals surface area contributed by atoms with Gasteiger partial charge in [0.25, 0.3) is 0 Å². The molecule has 5 heteroatoms. The fraction of sp³-hybridized carbons (Fsp3) is 0.293. The van der Waals surface area contributed by atoms with E-state index < -0.39 is 6.85 Å². The molecule has 0 saturated heterocycles. The number of rotatable bonds is 10. The Labute approximate surface area is 482 Å². The van der Waals surface area contributed by atoms with Crippen molar-refractivity contribution in [1.82, 2.24) is 4.98 Å². The number of hydrogen-bond acceptors (Lipinski definition) is 5. The zero-order valence-corrected chi connectivity index (χ0v) is 49.3. The molecule has 80 heavy (non-hydrogen) atoms. The van der Waals surface area contributed by atoms with E-state index in [1.54, 1.807) is 12.3 Å². The number of benzene rings is 8. The molecule has 1 aromatic heterocycles. The van der Waals surface area contributed by atoms with Gasteiger partial charge < -0.3 is 19.9 Å². The number of hydrogen-bond donors (Lipinski definition) is 1.